The van der Waals surface area contributed by atoms with Gasteiger partial charge in [-0.25, -0.2) is 9.79 Å². The highest BCUT2D eigenvalue weighted by molar-refractivity contribution is 6.29. The highest BCUT2D eigenvalue weighted by Gasteiger charge is 2.41. The van der Waals surface area contributed by atoms with Crippen molar-refractivity contribution in [1.29, 1.82) is 5.26 Å². The molecule has 1 aromatic heterocycles. The Labute approximate surface area is 252 Å². The molecule has 228 valence electrons. The molecule has 2 aliphatic heterocycles. The summed E-state index contributed by atoms with van der Waals surface area (Å²) in [6.45, 7) is 15.6. The van der Waals surface area contributed by atoms with Crippen molar-refractivity contribution in [2.75, 3.05) is 11.4 Å². The quantitative estimate of drug-likeness (QED) is 0.419. The normalized spacial score (nSPS) is 27.1. The van der Waals surface area contributed by atoms with Crippen LogP contribution in [-0.2, 0) is 14.3 Å². The monoisotopic (exact) mass is 587 g/mol. The van der Waals surface area contributed by atoms with Gasteiger partial charge in [-0.05, 0) is 104 Å². The summed E-state index contributed by atoms with van der Waals surface area (Å²) in [4.78, 5) is 32.0. The van der Waals surface area contributed by atoms with Crippen molar-refractivity contribution in [3.05, 3.63) is 34.7 Å². The summed E-state index contributed by atoms with van der Waals surface area (Å²) in [6, 6.07) is 6.28. The maximum atomic E-state index is 13.6. The first kappa shape index (κ1) is 30.4. The molecule has 0 saturated heterocycles. The molecule has 11 nitrogen and oxygen atoms in total. The van der Waals surface area contributed by atoms with Crippen molar-refractivity contribution in [1.82, 2.24) is 20.2 Å². The first-order valence-electron chi connectivity index (χ1n) is 15.2. The second kappa shape index (κ2) is 11.5. The van der Waals surface area contributed by atoms with Crippen molar-refractivity contribution in [3.63, 3.8) is 0 Å². The van der Waals surface area contributed by atoms with Crippen molar-refractivity contribution in [2.45, 2.75) is 98.1 Å². The summed E-state index contributed by atoms with van der Waals surface area (Å²) in [5.74, 6) is 0.139. The van der Waals surface area contributed by atoms with Gasteiger partial charge >= 0.3 is 11.9 Å². The third-order valence-corrected chi connectivity index (χ3v) is 9.30. The average molecular weight is 588 g/mol. The molecule has 0 bridgehead atoms. The number of aryl methyl sites for hydroxylation is 1. The SMILES string of the molecule is Cc1cc2c(cc1N=C1C(C#N)=C(C(=O)OC3C(C)CC(C)CC3C)c3nnnn31)C(C)CC(C)(C)N2CCCC(=O)O. The lowest BCUT2D eigenvalue weighted by Crippen LogP contribution is -2.48. The van der Waals surface area contributed by atoms with Crippen LogP contribution in [0.5, 0.6) is 0 Å². The Morgan fingerprint density at radius 3 is 2.53 bits per heavy atom. The highest BCUT2D eigenvalue weighted by Crippen LogP contribution is 2.46. The second-order valence-corrected chi connectivity index (χ2v) is 13.4. The first-order valence-corrected chi connectivity index (χ1v) is 15.2. The third kappa shape index (κ3) is 5.67. The van der Waals surface area contributed by atoms with Crippen LogP contribution in [0.3, 0.4) is 0 Å². The van der Waals surface area contributed by atoms with E-state index in [-0.39, 0.29) is 58.6 Å². The fraction of sp³-hybridized carbons (Fsp3) is 0.594. The maximum absolute atomic E-state index is 13.6. The predicted molar refractivity (Wildman–Crippen MR) is 162 cm³/mol. The number of nitrogens with zero attached hydrogens (tertiary/aromatic N) is 7. The number of aliphatic imine (C=N–C) groups is 1. The number of benzene rings is 1. The van der Waals surface area contributed by atoms with Crippen LogP contribution in [0, 0.1) is 36.0 Å². The van der Waals surface area contributed by atoms with Crippen LogP contribution in [-0.4, -0.2) is 61.3 Å². The minimum absolute atomic E-state index is 0.0413. The second-order valence-electron chi connectivity index (χ2n) is 13.4. The lowest BCUT2D eigenvalue weighted by Gasteiger charge is -2.48. The van der Waals surface area contributed by atoms with Gasteiger partial charge in [-0.1, -0.05) is 27.7 Å². The molecule has 1 N–H and O–H groups in total. The van der Waals surface area contributed by atoms with E-state index in [0.29, 0.717) is 24.6 Å². The Morgan fingerprint density at radius 2 is 1.88 bits per heavy atom. The fourth-order valence-electron chi connectivity index (χ4n) is 7.49. The Balaban J connectivity index is 1.52. The molecular formula is C32H41N7O4. The van der Waals surface area contributed by atoms with Gasteiger partial charge in [0.15, 0.2) is 11.7 Å². The van der Waals surface area contributed by atoms with Gasteiger partial charge in [0, 0.05) is 24.2 Å². The van der Waals surface area contributed by atoms with E-state index in [4.69, 9.17) is 9.73 Å². The molecule has 0 amide bonds. The predicted octanol–water partition coefficient (Wildman–Crippen LogP) is 5.42. The Kier molecular flexibility index (Phi) is 8.16. The molecule has 0 spiro atoms. The lowest BCUT2D eigenvalue weighted by atomic mass is 9.75. The summed E-state index contributed by atoms with van der Waals surface area (Å²) in [5, 5.41) is 31.4. The van der Waals surface area contributed by atoms with Crippen LogP contribution >= 0.6 is 0 Å². The summed E-state index contributed by atoms with van der Waals surface area (Å²) in [6.07, 6.45) is 3.24. The number of carboxylic acids is 1. The first-order chi connectivity index (χ1) is 20.3. The average Bonchev–Trinajstić information content (AvgIpc) is 3.49. The van der Waals surface area contributed by atoms with Crippen molar-refractivity contribution >= 4 is 34.7 Å². The molecule has 11 heteroatoms. The number of allylic oxidation sites excluding steroid dienone is 1. The van der Waals surface area contributed by atoms with E-state index < -0.39 is 11.9 Å². The Hall–Kier alpha value is -4.07. The number of carboxylic acid groups (broad SMARTS) is 1. The van der Waals surface area contributed by atoms with Gasteiger partial charge in [0.05, 0.1) is 5.69 Å². The van der Waals surface area contributed by atoms with Gasteiger partial charge in [-0.15, -0.1) is 5.10 Å². The zero-order valence-corrected chi connectivity index (χ0v) is 26.1. The number of hydrogen-bond donors (Lipinski definition) is 1. The third-order valence-electron chi connectivity index (χ3n) is 9.30. The molecule has 43 heavy (non-hydrogen) atoms. The number of nitriles is 1. The number of fused-ring (bicyclic) bond motifs is 2. The van der Waals surface area contributed by atoms with Gasteiger partial charge in [0.25, 0.3) is 0 Å². The van der Waals surface area contributed by atoms with E-state index in [1.165, 1.54) is 4.68 Å². The molecule has 1 aromatic carbocycles. The number of esters is 1. The van der Waals surface area contributed by atoms with E-state index in [9.17, 15) is 20.0 Å². The molecule has 0 radical (unpaired) electrons. The highest BCUT2D eigenvalue weighted by atomic mass is 16.5. The lowest BCUT2D eigenvalue weighted by molar-refractivity contribution is -0.150. The van der Waals surface area contributed by atoms with E-state index in [0.717, 1.165) is 36.1 Å². The molecule has 1 saturated carbocycles. The van der Waals surface area contributed by atoms with E-state index in [2.05, 4.69) is 74.1 Å². The van der Waals surface area contributed by atoms with Crippen LogP contribution in [0.2, 0.25) is 0 Å². The van der Waals surface area contributed by atoms with Gasteiger partial charge in [0.2, 0.25) is 0 Å². The van der Waals surface area contributed by atoms with Crippen molar-refractivity contribution < 1.29 is 19.4 Å². The van der Waals surface area contributed by atoms with Crippen LogP contribution in [0.25, 0.3) is 5.57 Å². The largest absolute Gasteiger partial charge is 0.481 e. The van der Waals surface area contributed by atoms with Crippen molar-refractivity contribution in [3.8, 4) is 6.07 Å². The summed E-state index contributed by atoms with van der Waals surface area (Å²) >= 11 is 0. The Bertz CT molecular complexity index is 1540. The van der Waals surface area contributed by atoms with Gasteiger partial charge in [-0.2, -0.15) is 9.94 Å². The van der Waals surface area contributed by atoms with Crippen molar-refractivity contribution in [2.24, 2.45) is 22.7 Å². The maximum Gasteiger partial charge on any atom is 0.343 e. The number of aromatic nitrogens is 4. The topological polar surface area (TPSA) is 147 Å². The smallest absolute Gasteiger partial charge is 0.343 e. The molecule has 1 fully saturated rings. The molecular weight excluding hydrogens is 546 g/mol. The van der Waals surface area contributed by atoms with E-state index >= 15 is 0 Å². The van der Waals surface area contributed by atoms with Crippen LogP contribution < -0.4 is 4.90 Å². The molecule has 3 unspecified atom stereocenters. The Morgan fingerprint density at radius 1 is 1.19 bits per heavy atom. The minimum Gasteiger partial charge on any atom is -0.481 e. The summed E-state index contributed by atoms with van der Waals surface area (Å²) < 4.78 is 7.38. The van der Waals surface area contributed by atoms with E-state index in [1.54, 1.807) is 0 Å². The number of anilines is 1. The molecule has 1 aliphatic carbocycles. The van der Waals surface area contributed by atoms with Crippen LogP contribution in [0.1, 0.15) is 96.5 Å². The molecule has 2 aromatic rings. The van der Waals surface area contributed by atoms with Gasteiger partial charge in [-0.3, -0.25) is 4.79 Å². The summed E-state index contributed by atoms with van der Waals surface area (Å²) in [7, 11) is 0. The number of hydrogen-bond acceptors (Lipinski definition) is 9. The van der Waals surface area contributed by atoms with E-state index in [1.807, 2.05) is 13.0 Å². The number of rotatable bonds is 7. The fourth-order valence-corrected chi connectivity index (χ4v) is 7.49. The van der Waals surface area contributed by atoms with Crippen LogP contribution in [0.4, 0.5) is 11.4 Å². The number of tetrazole rings is 1. The standard InChI is InChI=1S/C32H41N7O4/c1-17-11-19(3)28(20(4)12-17)43-31(42)27-23(16-33)29(39-30(27)35-36-37-39)34-24-14-22-21(5)15-32(6,7)38(10-8-9-26(40)41)25(22)13-18(24)2/h13-14,17,19-21,28H,8-12,15H2,1-7H3,(H,40,41). The molecule has 3 atom stereocenters. The number of carbonyl (C=O) groups excluding carboxylic acids is 1. The molecule has 3 heterocycles. The van der Waals surface area contributed by atoms with Crippen LogP contribution in [0.15, 0.2) is 22.7 Å². The minimum atomic E-state index is -0.800. The van der Waals surface area contributed by atoms with Gasteiger partial charge < -0.3 is 14.7 Å². The summed E-state index contributed by atoms with van der Waals surface area (Å²) in [5.41, 5.74) is 3.66. The number of ether oxygens (including phenoxy) is 1. The number of carbonyl (C=O) groups is 2. The zero-order valence-electron chi connectivity index (χ0n) is 26.1. The molecule has 3 aliphatic rings. The van der Waals surface area contributed by atoms with Gasteiger partial charge in [0.1, 0.15) is 23.3 Å². The zero-order chi connectivity index (χ0) is 31.2. The number of aliphatic carboxylic acids is 1. The molecule has 5 rings (SSSR count).